The van der Waals surface area contributed by atoms with Crippen molar-refractivity contribution in [2.45, 2.75) is 23.6 Å². The molecule has 8 heteroatoms. The third-order valence-electron chi connectivity index (χ3n) is 3.81. The first kappa shape index (κ1) is 19.6. The molecule has 25 heavy (non-hydrogen) atoms. The summed E-state index contributed by atoms with van der Waals surface area (Å²) < 4.78 is 39.7. The van der Waals surface area contributed by atoms with Gasteiger partial charge in [0.1, 0.15) is 10.0 Å². The standard InChI is InChI=1S/C17H21FN2O3S2/c1-19(13-14-7-3-4-8-15(14)18)16(21)9-5-11-20(2)25(22,23)17-10-6-12-24-17/h3-4,6-8,10,12H,5,9,11,13H2,1-2H3. The molecular weight excluding hydrogens is 363 g/mol. The fraction of sp³-hybridized carbons (Fsp3) is 0.353. The SMILES string of the molecule is CN(Cc1ccccc1F)C(=O)CCCN(C)S(=O)(=O)c1cccs1. The van der Waals surface area contributed by atoms with Crippen LogP contribution in [-0.2, 0) is 21.4 Å². The third kappa shape index (κ3) is 5.10. The van der Waals surface area contributed by atoms with Crippen LogP contribution in [0.5, 0.6) is 0 Å². The second-order valence-electron chi connectivity index (χ2n) is 5.70. The number of benzene rings is 1. The summed E-state index contributed by atoms with van der Waals surface area (Å²) in [6.45, 7) is 0.439. The number of carbonyl (C=O) groups excluding carboxylic acids is 1. The Kier molecular flexibility index (Phi) is 6.69. The van der Waals surface area contributed by atoms with Crippen LogP contribution < -0.4 is 0 Å². The Bertz CT molecular complexity index is 807. The van der Waals surface area contributed by atoms with E-state index in [0.29, 0.717) is 12.0 Å². The van der Waals surface area contributed by atoms with Crippen molar-refractivity contribution < 1.29 is 17.6 Å². The second kappa shape index (κ2) is 8.55. The molecule has 0 aliphatic carbocycles. The first-order chi connectivity index (χ1) is 11.8. The molecule has 1 amide bonds. The Hall–Kier alpha value is -1.77. The smallest absolute Gasteiger partial charge is 0.252 e. The molecular formula is C17H21FN2O3S2. The summed E-state index contributed by atoms with van der Waals surface area (Å²) in [5.74, 6) is -0.492. The molecule has 1 aromatic heterocycles. The summed E-state index contributed by atoms with van der Waals surface area (Å²) in [6, 6.07) is 9.57. The van der Waals surface area contributed by atoms with Gasteiger partial charge in [-0.2, -0.15) is 0 Å². The van der Waals surface area contributed by atoms with Crippen LogP contribution in [0.25, 0.3) is 0 Å². The van der Waals surface area contributed by atoms with Gasteiger partial charge in [-0.15, -0.1) is 11.3 Å². The normalized spacial score (nSPS) is 11.7. The maximum atomic E-state index is 13.6. The molecule has 136 valence electrons. The van der Waals surface area contributed by atoms with Gasteiger partial charge in [0.15, 0.2) is 0 Å². The molecule has 5 nitrogen and oxygen atoms in total. The molecule has 0 fully saturated rings. The summed E-state index contributed by atoms with van der Waals surface area (Å²) in [5, 5.41) is 1.71. The van der Waals surface area contributed by atoms with Gasteiger partial charge < -0.3 is 4.90 Å². The predicted octanol–water partition coefficient (Wildman–Crippen LogP) is 2.95. The monoisotopic (exact) mass is 384 g/mol. The molecule has 0 spiro atoms. The van der Waals surface area contributed by atoms with E-state index in [0.717, 1.165) is 0 Å². The second-order valence-corrected chi connectivity index (χ2v) is 8.92. The molecule has 2 rings (SSSR count). The number of rotatable bonds is 8. The molecule has 0 bridgehead atoms. The number of halogens is 1. The van der Waals surface area contributed by atoms with Gasteiger partial charge in [0.2, 0.25) is 5.91 Å². The van der Waals surface area contributed by atoms with Crippen molar-refractivity contribution in [1.82, 2.24) is 9.21 Å². The Labute approximate surface area is 151 Å². The maximum absolute atomic E-state index is 13.6. The van der Waals surface area contributed by atoms with Crippen molar-refractivity contribution in [3.8, 4) is 0 Å². The topological polar surface area (TPSA) is 57.7 Å². The van der Waals surface area contributed by atoms with E-state index < -0.39 is 10.0 Å². The lowest BCUT2D eigenvalue weighted by atomic mass is 10.2. The van der Waals surface area contributed by atoms with Crippen LogP contribution in [0.15, 0.2) is 46.0 Å². The molecule has 0 radical (unpaired) electrons. The molecule has 0 N–H and O–H groups in total. The van der Waals surface area contributed by atoms with Crippen LogP contribution >= 0.6 is 11.3 Å². The van der Waals surface area contributed by atoms with Gasteiger partial charge in [0.05, 0.1) is 0 Å². The van der Waals surface area contributed by atoms with Gasteiger partial charge in [-0.05, 0) is 23.9 Å². The van der Waals surface area contributed by atoms with Crippen LogP contribution in [-0.4, -0.2) is 44.2 Å². The molecule has 0 saturated carbocycles. The highest BCUT2D eigenvalue weighted by Gasteiger charge is 2.21. The number of hydrogen-bond donors (Lipinski definition) is 0. The zero-order chi connectivity index (χ0) is 18.4. The van der Waals surface area contributed by atoms with E-state index in [1.807, 2.05) is 0 Å². The van der Waals surface area contributed by atoms with Crippen LogP contribution in [0, 0.1) is 5.82 Å². The average molecular weight is 384 g/mol. The molecule has 1 aromatic carbocycles. The molecule has 0 aliphatic heterocycles. The van der Waals surface area contributed by atoms with E-state index in [9.17, 15) is 17.6 Å². The lowest BCUT2D eigenvalue weighted by Gasteiger charge is -2.19. The summed E-state index contributed by atoms with van der Waals surface area (Å²) in [6.07, 6.45) is 0.608. The third-order valence-corrected chi connectivity index (χ3v) is 7.04. The number of amides is 1. The Morgan fingerprint density at radius 3 is 2.52 bits per heavy atom. The Balaban J connectivity index is 1.83. The van der Waals surface area contributed by atoms with Crippen molar-refractivity contribution >= 4 is 27.3 Å². The van der Waals surface area contributed by atoms with Crippen LogP contribution in [0.4, 0.5) is 4.39 Å². The number of carbonyl (C=O) groups is 1. The summed E-state index contributed by atoms with van der Waals surface area (Å²) in [7, 11) is -0.376. The van der Waals surface area contributed by atoms with Crippen LogP contribution in [0.1, 0.15) is 18.4 Å². The van der Waals surface area contributed by atoms with E-state index in [-0.39, 0.29) is 35.4 Å². The van der Waals surface area contributed by atoms with E-state index >= 15 is 0 Å². The highest BCUT2D eigenvalue weighted by atomic mass is 32.2. The highest BCUT2D eigenvalue weighted by molar-refractivity contribution is 7.91. The van der Waals surface area contributed by atoms with Crippen molar-refractivity contribution in [3.63, 3.8) is 0 Å². The lowest BCUT2D eigenvalue weighted by Crippen LogP contribution is -2.30. The van der Waals surface area contributed by atoms with E-state index in [4.69, 9.17) is 0 Å². The Morgan fingerprint density at radius 2 is 1.88 bits per heavy atom. The lowest BCUT2D eigenvalue weighted by molar-refractivity contribution is -0.130. The number of nitrogens with zero attached hydrogens (tertiary/aromatic N) is 2. The largest absolute Gasteiger partial charge is 0.341 e. The minimum atomic E-state index is -3.49. The zero-order valence-electron chi connectivity index (χ0n) is 14.2. The van der Waals surface area contributed by atoms with Crippen molar-refractivity contribution in [2.24, 2.45) is 0 Å². The first-order valence-corrected chi connectivity index (χ1v) is 10.1. The first-order valence-electron chi connectivity index (χ1n) is 7.79. The van der Waals surface area contributed by atoms with Gasteiger partial charge in [-0.1, -0.05) is 24.3 Å². The number of thiophene rings is 1. The minimum Gasteiger partial charge on any atom is -0.341 e. The van der Waals surface area contributed by atoms with Gasteiger partial charge in [-0.3, -0.25) is 4.79 Å². The summed E-state index contributed by atoms with van der Waals surface area (Å²) in [5.41, 5.74) is 0.454. The van der Waals surface area contributed by atoms with E-state index in [2.05, 4.69) is 0 Å². The van der Waals surface area contributed by atoms with Crippen molar-refractivity contribution in [2.75, 3.05) is 20.6 Å². The molecule has 1 heterocycles. The summed E-state index contributed by atoms with van der Waals surface area (Å²) in [4.78, 5) is 13.6. The summed E-state index contributed by atoms with van der Waals surface area (Å²) >= 11 is 1.17. The van der Waals surface area contributed by atoms with Crippen molar-refractivity contribution in [1.29, 1.82) is 0 Å². The van der Waals surface area contributed by atoms with Gasteiger partial charge in [-0.25, -0.2) is 17.1 Å². The fourth-order valence-corrected chi connectivity index (χ4v) is 4.71. The zero-order valence-corrected chi connectivity index (χ0v) is 15.8. The minimum absolute atomic E-state index is 0.148. The average Bonchev–Trinajstić information content (AvgIpc) is 3.12. The van der Waals surface area contributed by atoms with E-state index in [1.54, 1.807) is 42.8 Å². The van der Waals surface area contributed by atoms with Gasteiger partial charge >= 0.3 is 0 Å². The molecule has 0 saturated heterocycles. The van der Waals surface area contributed by atoms with Gasteiger partial charge in [0.25, 0.3) is 10.0 Å². The highest BCUT2D eigenvalue weighted by Crippen LogP contribution is 2.20. The van der Waals surface area contributed by atoms with Gasteiger partial charge in [0, 0.05) is 39.2 Å². The number of sulfonamides is 1. The van der Waals surface area contributed by atoms with Crippen LogP contribution in [0.3, 0.4) is 0 Å². The fourth-order valence-electron chi connectivity index (χ4n) is 2.30. The molecule has 0 atom stereocenters. The molecule has 2 aromatic rings. The Morgan fingerprint density at radius 1 is 1.16 bits per heavy atom. The predicted molar refractivity (Wildman–Crippen MR) is 96.2 cm³/mol. The molecule has 0 unspecified atom stereocenters. The van der Waals surface area contributed by atoms with Crippen LogP contribution in [0.2, 0.25) is 0 Å². The van der Waals surface area contributed by atoms with E-state index in [1.165, 1.54) is 33.7 Å². The number of hydrogen-bond acceptors (Lipinski definition) is 4. The quantitative estimate of drug-likeness (QED) is 0.703. The van der Waals surface area contributed by atoms with Crippen molar-refractivity contribution in [3.05, 3.63) is 53.2 Å². The molecule has 0 aliphatic rings. The maximum Gasteiger partial charge on any atom is 0.252 e.